The number of aliphatic hydroxyl groups is 1. The van der Waals surface area contributed by atoms with Gasteiger partial charge >= 0.3 is 5.97 Å². The molecule has 196 valence electrons. The van der Waals surface area contributed by atoms with Crippen molar-refractivity contribution in [2.45, 2.75) is 90.8 Å². The first-order valence-electron chi connectivity index (χ1n) is 13.2. The maximum absolute atomic E-state index is 11.0. The van der Waals surface area contributed by atoms with Gasteiger partial charge in [-0.15, -0.1) is 0 Å². The summed E-state index contributed by atoms with van der Waals surface area (Å²) >= 11 is 0. The SMILES string of the molecule is CCCCC[C@@H](CCC1[C@H](O)C[C@@H]2Cc3c(cccc3OCC(=O)O)C[C@H]12)OO/C(=C/N)C(C)C. The predicted molar refractivity (Wildman–Crippen MR) is 135 cm³/mol. The van der Waals surface area contributed by atoms with Crippen LogP contribution in [-0.4, -0.2) is 35.0 Å². The van der Waals surface area contributed by atoms with Crippen LogP contribution in [0.25, 0.3) is 0 Å². The Hall–Kier alpha value is -2.25. The molecule has 0 heterocycles. The number of nitrogens with two attached hydrogens (primary N) is 1. The molecule has 1 saturated carbocycles. The maximum atomic E-state index is 11.0. The Morgan fingerprint density at radius 1 is 1.23 bits per heavy atom. The minimum atomic E-state index is -0.977. The summed E-state index contributed by atoms with van der Waals surface area (Å²) in [6, 6.07) is 5.89. The zero-order valence-corrected chi connectivity index (χ0v) is 21.4. The molecule has 2 aliphatic rings. The standard InChI is InChI=1S/C28H43NO6/c1-4-5-6-9-21(34-35-27(16-29)18(2)3)11-12-22-23-13-19-8-7-10-26(33-17-28(31)32)24(19)14-20(23)15-25(22)30/h7-8,10,16,18,20-23,25,30H,4-6,9,11-15,17,29H2,1-3H3,(H,31,32)/b27-16+/t20-,21-,22?,23-,25+/m0/s1. The molecule has 2 aliphatic carbocycles. The number of carboxylic acids is 1. The van der Waals surface area contributed by atoms with Gasteiger partial charge in [0.2, 0.25) is 0 Å². The zero-order chi connectivity index (χ0) is 25.4. The molecule has 0 aromatic heterocycles. The van der Waals surface area contributed by atoms with Crippen LogP contribution in [0.15, 0.2) is 30.2 Å². The second kappa shape index (κ2) is 13.2. The molecule has 0 radical (unpaired) electrons. The van der Waals surface area contributed by atoms with E-state index >= 15 is 0 Å². The van der Waals surface area contributed by atoms with E-state index in [2.05, 4.69) is 13.0 Å². The fourth-order valence-corrected chi connectivity index (χ4v) is 5.76. The van der Waals surface area contributed by atoms with Crippen LogP contribution in [-0.2, 0) is 27.4 Å². The number of aliphatic hydroxyl groups excluding tert-OH is 1. The number of carbonyl (C=O) groups is 1. The number of rotatable bonds is 14. The number of unbranched alkanes of at least 4 members (excludes halogenated alkanes) is 2. The number of aliphatic carboxylic acids is 1. The van der Waals surface area contributed by atoms with Crippen LogP contribution in [0.3, 0.4) is 0 Å². The van der Waals surface area contributed by atoms with Crippen molar-refractivity contribution in [3.63, 3.8) is 0 Å². The summed E-state index contributed by atoms with van der Waals surface area (Å²) in [5.41, 5.74) is 8.01. The van der Waals surface area contributed by atoms with E-state index in [1.54, 1.807) is 0 Å². The first-order chi connectivity index (χ1) is 16.8. The van der Waals surface area contributed by atoms with Crippen LogP contribution in [0.5, 0.6) is 5.75 Å². The van der Waals surface area contributed by atoms with E-state index in [0.29, 0.717) is 23.3 Å². The normalized spacial score (nSPS) is 24.7. The van der Waals surface area contributed by atoms with Crippen molar-refractivity contribution in [3.05, 3.63) is 41.3 Å². The van der Waals surface area contributed by atoms with E-state index in [1.807, 2.05) is 26.0 Å². The molecule has 5 atom stereocenters. The highest BCUT2D eigenvalue weighted by atomic mass is 17.2. The number of hydrogen-bond donors (Lipinski definition) is 3. The Balaban J connectivity index is 1.64. The van der Waals surface area contributed by atoms with Crippen molar-refractivity contribution in [3.8, 4) is 5.75 Å². The molecule has 35 heavy (non-hydrogen) atoms. The quantitative estimate of drug-likeness (QED) is 0.146. The summed E-state index contributed by atoms with van der Waals surface area (Å²) in [5.74, 6) is 1.46. The Morgan fingerprint density at radius 2 is 2.03 bits per heavy atom. The fourth-order valence-electron chi connectivity index (χ4n) is 5.76. The lowest BCUT2D eigenvalue weighted by Crippen LogP contribution is -2.28. The average Bonchev–Trinajstić information content (AvgIpc) is 3.13. The van der Waals surface area contributed by atoms with E-state index in [-0.39, 0.29) is 30.7 Å². The molecular weight excluding hydrogens is 446 g/mol. The Bertz CT molecular complexity index is 854. The van der Waals surface area contributed by atoms with Crippen molar-refractivity contribution >= 4 is 5.97 Å². The van der Waals surface area contributed by atoms with Gasteiger partial charge in [-0.3, -0.25) is 0 Å². The van der Waals surface area contributed by atoms with Crippen molar-refractivity contribution < 1.29 is 29.5 Å². The number of hydrogen-bond acceptors (Lipinski definition) is 6. The fraction of sp³-hybridized carbons (Fsp3) is 0.679. The molecule has 0 saturated heterocycles. The summed E-state index contributed by atoms with van der Waals surface area (Å²) < 4.78 is 5.56. The van der Waals surface area contributed by atoms with Crippen molar-refractivity contribution in [2.24, 2.45) is 29.4 Å². The van der Waals surface area contributed by atoms with Crippen LogP contribution >= 0.6 is 0 Å². The summed E-state index contributed by atoms with van der Waals surface area (Å²) in [6.07, 6.45) is 9.60. The number of carboxylic acid groups (broad SMARTS) is 1. The third-order valence-corrected chi connectivity index (χ3v) is 7.66. The van der Waals surface area contributed by atoms with E-state index in [1.165, 1.54) is 11.8 Å². The van der Waals surface area contributed by atoms with Gasteiger partial charge in [0.05, 0.1) is 6.10 Å². The second-order valence-electron chi connectivity index (χ2n) is 10.5. The van der Waals surface area contributed by atoms with E-state index in [0.717, 1.165) is 63.4 Å². The van der Waals surface area contributed by atoms with Gasteiger partial charge in [0.15, 0.2) is 12.4 Å². The predicted octanol–water partition coefficient (Wildman–Crippen LogP) is 5.00. The molecule has 0 amide bonds. The van der Waals surface area contributed by atoms with E-state index in [9.17, 15) is 9.90 Å². The number of allylic oxidation sites excluding steroid dienone is 1. The van der Waals surface area contributed by atoms with Crippen LogP contribution in [0.2, 0.25) is 0 Å². The van der Waals surface area contributed by atoms with Gasteiger partial charge in [-0.05, 0) is 73.5 Å². The summed E-state index contributed by atoms with van der Waals surface area (Å²) in [5, 5.41) is 20.0. The molecule has 1 fully saturated rings. The smallest absolute Gasteiger partial charge is 0.341 e. The molecule has 0 aliphatic heterocycles. The number of ether oxygens (including phenoxy) is 1. The minimum Gasteiger partial charge on any atom is -0.482 e. The maximum Gasteiger partial charge on any atom is 0.341 e. The topological polar surface area (TPSA) is 111 Å². The van der Waals surface area contributed by atoms with Crippen molar-refractivity contribution in [1.82, 2.24) is 0 Å². The lowest BCUT2D eigenvalue weighted by molar-refractivity contribution is -0.302. The van der Waals surface area contributed by atoms with Gasteiger partial charge in [-0.1, -0.05) is 52.2 Å². The van der Waals surface area contributed by atoms with E-state index < -0.39 is 5.97 Å². The highest BCUT2D eigenvalue weighted by Crippen LogP contribution is 2.48. The molecule has 0 bridgehead atoms. The zero-order valence-electron chi connectivity index (χ0n) is 21.4. The Labute approximate surface area is 209 Å². The molecule has 0 spiro atoms. The van der Waals surface area contributed by atoms with Gasteiger partial charge in [-0.25, -0.2) is 4.79 Å². The summed E-state index contributed by atoms with van der Waals surface area (Å²) in [7, 11) is 0. The Morgan fingerprint density at radius 3 is 2.71 bits per heavy atom. The van der Waals surface area contributed by atoms with Crippen LogP contribution in [0.4, 0.5) is 0 Å². The molecule has 7 nitrogen and oxygen atoms in total. The first-order valence-corrected chi connectivity index (χ1v) is 13.2. The lowest BCUT2D eigenvalue weighted by Gasteiger charge is -2.32. The minimum absolute atomic E-state index is 0.0339. The summed E-state index contributed by atoms with van der Waals surface area (Å²) in [6.45, 7) is 5.88. The third-order valence-electron chi connectivity index (χ3n) is 7.66. The molecule has 7 heteroatoms. The van der Waals surface area contributed by atoms with Crippen molar-refractivity contribution in [1.29, 1.82) is 0 Å². The monoisotopic (exact) mass is 489 g/mol. The lowest BCUT2D eigenvalue weighted by atomic mass is 9.73. The van der Waals surface area contributed by atoms with Gasteiger partial charge in [-0.2, -0.15) is 4.89 Å². The highest BCUT2D eigenvalue weighted by molar-refractivity contribution is 5.68. The van der Waals surface area contributed by atoms with Gasteiger partial charge in [0.25, 0.3) is 0 Å². The molecule has 1 aromatic carbocycles. The highest BCUT2D eigenvalue weighted by Gasteiger charge is 2.45. The molecular formula is C28H43NO6. The van der Waals surface area contributed by atoms with E-state index in [4.69, 9.17) is 25.4 Å². The number of benzene rings is 1. The first kappa shape index (κ1) is 27.3. The summed E-state index contributed by atoms with van der Waals surface area (Å²) in [4.78, 5) is 22.4. The molecule has 1 aromatic rings. The Kier molecular flexibility index (Phi) is 10.3. The van der Waals surface area contributed by atoms with Crippen LogP contribution in [0, 0.1) is 23.7 Å². The molecule has 1 unspecified atom stereocenters. The third kappa shape index (κ3) is 7.37. The van der Waals surface area contributed by atoms with Crippen LogP contribution < -0.4 is 10.5 Å². The second-order valence-corrected chi connectivity index (χ2v) is 10.5. The average molecular weight is 490 g/mol. The van der Waals surface area contributed by atoms with Gasteiger partial charge < -0.3 is 25.6 Å². The molecule has 3 rings (SSSR count). The van der Waals surface area contributed by atoms with Gasteiger partial charge in [0, 0.05) is 12.1 Å². The van der Waals surface area contributed by atoms with Crippen LogP contribution in [0.1, 0.15) is 76.8 Å². The number of fused-ring (bicyclic) bond motifs is 2. The van der Waals surface area contributed by atoms with Crippen molar-refractivity contribution in [2.75, 3.05) is 6.61 Å². The molecule has 4 N–H and O–H groups in total. The largest absolute Gasteiger partial charge is 0.482 e. The van der Waals surface area contributed by atoms with Gasteiger partial charge in [0.1, 0.15) is 11.9 Å².